The maximum absolute atomic E-state index is 12.7. The molecule has 33 heavy (non-hydrogen) atoms. The number of hydrogen-bond donors (Lipinski definition) is 0. The van der Waals surface area contributed by atoms with Crippen LogP contribution in [0.3, 0.4) is 0 Å². The predicted octanol–water partition coefficient (Wildman–Crippen LogP) is 1.37. The van der Waals surface area contributed by atoms with Crippen LogP contribution in [0.15, 0.2) is 70.5 Å². The van der Waals surface area contributed by atoms with Crippen LogP contribution in [0.25, 0.3) is 22.2 Å². The minimum Gasteiger partial charge on any atom is -0.340 e. The number of hydrogen-bond acceptors (Lipinski definition) is 7. The Labute approximate surface area is 190 Å². The van der Waals surface area contributed by atoms with E-state index in [4.69, 9.17) is 4.98 Å². The van der Waals surface area contributed by atoms with Crippen molar-refractivity contribution in [1.29, 1.82) is 0 Å². The van der Waals surface area contributed by atoms with Crippen LogP contribution in [-0.2, 0) is 13.6 Å². The second-order valence-electron chi connectivity index (χ2n) is 8.14. The summed E-state index contributed by atoms with van der Waals surface area (Å²) in [6, 6.07) is 14.5. The van der Waals surface area contributed by atoms with Crippen molar-refractivity contribution in [3.05, 3.63) is 81.6 Å². The zero-order chi connectivity index (χ0) is 22.8. The summed E-state index contributed by atoms with van der Waals surface area (Å²) in [5.41, 5.74) is 2.19. The summed E-state index contributed by atoms with van der Waals surface area (Å²) in [5, 5.41) is 5.15. The van der Waals surface area contributed by atoms with Gasteiger partial charge in [-0.3, -0.25) is 24.0 Å². The predicted molar refractivity (Wildman–Crippen MR) is 127 cm³/mol. The summed E-state index contributed by atoms with van der Waals surface area (Å²) in [5.74, 6) is 0.695. The molecule has 0 spiro atoms. The van der Waals surface area contributed by atoms with Gasteiger partial charge >= 0.3 is 0 Å². The number of anilines is 1. The highest BCUT2D eigenvalue weighted by Gasteiger charge is 2.21. The summed E-state index contributed by atoms with van der Waals surface area (Å²) in [4.78, 5) is 38.3. The molecule has 0 N–H and O–H groups in total. The molecule has 0 aliphatic carbocycles. The second-order valence-corrected chi connectivity index (χ2v) is 8.14. The van der Waals surface area contributed by atoms with Crippen molar-refractivity contribution in [3.8, 4) is 11.3 Å². The molecule has 0 unspecified atom stereocenters. The highest BCUT2D eigenvalue weighted by molar-refractivity contribution is 5.78. The zero-order valence-electron chi connectivity index (χ0n) is 18.5. The van der Waals surface area contributed by atoms with Crippen molar-refractivity contribution in [2.45, 2.75) is 6.54 Å². The number of para-hydroxylation sites is 1. The average molecular weight is 444 g/mol. The maximum Gasteiger partial charge on any atom is 0.266 e. The summed E-state index contributed by atoms with van der Waals surface area (Å²) in [6.07, 6.45) is 3.45. The van der Waals surface area contributed by atoms with Gasteiger partial charge in [0.25, 0.3) is 11.1 Å². The van der Waals surface area contributed by atoms with E-state index in [1.165, 1.54) is 4.68 Å². The molecule has 9 nitrogen and oxygen atoms in total. The Morgan fingerprint density at radius 3 is 2.52 bits per heavy atom. The molecule has 168 valence electrons. The van der Waals surface area contributed by atoms with E-state index in [1.54, 1.807) is 36.1 Å². The molecule has 4 aromatic rings. The van der Waals surface area contributed by atoms with Crippen molar-refractivity contribution in [2.24, 2.45) is 7.05 Å². The van der Waals surface area contributed by atoms with Crippen LogP contribution in [0.5, 0.6) is 0 Å². The number of pyridine rings is 1. The van der Waals surface area contributed by atoms with E-state index in [9.17, 15) is 9.59 Å². The lowest BCUT2D eigenvalue weighted by molar-refractivity contribution is 0.241. The first-order chi connectivity index (χ1) is 16.1. The van der Waals surface area contributed by atoms with Crippen molar-refractivity contribution in [2.75, 3.05) is 37.6 Å². The third-order valence-electron chi connectivity index (χ3n) is 6.07. The van der Waals surface area contributed by atoms with E-state index in [-0.39, 0.29) is 11.1 Å². The van der Waals surface area contributed by atoms with Gasteiger partial charge in [0.2, 0.25) is 5.95 Å². The first-order valence-corrected chi connectivity index (χ1v) is 11.0. The lowest BCUT2D eigenvalue weighted by atomic mass is 10.2. The van der Waals surface area contributed by atoms with Gasteiger partial charge in [-0.2, -0.15) is 5.10 Å². The molecular weight excluding hydrogens is 418 g/mol. The Bertz CT molecular complexity index is 1390. The van der Waals surface area contributed by atoms with Crippen LogP contribution < -0.4 is 16.0 Å². The fraction of sp³-hybridized carbons (Fsp3) is 0.292. The normalized spacial score (nSPS) is 14.6. The first kappa shape index (κ1) is 21.0. The van der Waals surface area contributed by atoms with E-state index < -0.39 is 0 Å². The van der Waals surface area contributed by atoms with E-state index in [2.05, 4.69) is 19.9 Å². The quantitative estimate of drug-likeness (QED) is 0.460. The van der Waals surface area contributed by atoms with Gasteiger partial charge in [0.1, 0.15) is 0 Å². The van der Waals surface area contributed by atoms with Gasteiger partial charge in [-0.1, -0.05) is 12.1 Å². The van der Waals surface area contributed by atoms with Crippen LogP contribution in [0.2, 0.25) is 0 Å². The summed E-state index contributed by atoms with van der Waals surface area (Å²) < 4.78 is 3.15. The van der Waals surface area contributed by atoms with Crippen LogP contribution in [0.1, 0.15) is 0 Å². The Kier molecular flexibility index (Phi) is 5.70. The molecule has 0 atom stereocenters. The molecule has 1 aliphatic heterocycles. The molecule has 5 rings (SSSR count). The van der Waals surface area contributed by atoms with Gasteiger partial charge in [-0.25, -0.2) is 9.67 Å². The monoisotopic (exact) mass is 443 g/mol. The van der Waals surface area contributed by atoms with Gasteiger partial charge < -0.3 is 4.90 Å². The number of benzene rings is 1. The third kappa shape index (κ3) is 4.27. The zero-order valence-corrected chi connectivity index (χ0v) is 18.5. The maximum atomic E-state index is 12.7. The van der Waals surface area contributed by atoms with Crippen molar-refractivity contribution in [1.82, 2.24) is 29.2 Å². The van der Waals surface area contributed by atoms with Crippen molar-refractivity contribution in [3.63, 3.8) is 0 Å². The number of piperazine rings is 1. The Hall–Kier alpha value is -3.85. The van der Waals surface area contributed by atoms with Crippen molar-refractivity contribution < 1.29 is 0 Å². The topological polar surface area (TPSA) is 89.2 Å². The first-order valence-electron chi connectivity index (χ1n) is 11.0. The summed E-state index contributed by atoms with van der Waals surface area (Å²) >= 11 is 0. The van der Waals surface area contributed by atoms with Gasteiger partial charge in [0.15, 0.2) is 0 Å². The molecule has 1 fully saturated rings. The van der Waals surface area contributed by atoms with Gasteiger partial charge in [0, 0.05) is 63.8 Å². The number of nitrogens with zero attached hydrogens (tertiary/aromatic N) is 7. The summed E-state index contributed by atoms with van der Waals surface area (Å²) in [7, 11) is 1.77. The largest absolute Gasteiger partial charge is 0.340 e. The lowest BCUT2D eigenvalue weighted by Crippen LogP contribution is -2.49. The van der Waals surface area contributed by atoms with E-state index in [0.29, 0.717) is 17.9 Å². The van der Waals surface area contributed by atoms with Crippen LogP contribution in [0, 0.1) is 0 Å². The highest BCUT2D eigenvalue weighted by atomic mass is 16.1. The number of aromatic nitrogens is 5. The molecule has 0 saturated carbocycles. The van der Waals surface area contributed by atoms with Crippen LogP contribution in [-0.4, -0.2) is 61.9 Å². The third-order valence-corrected chi connectivity index (χ3v) is 6.07. The standard InChI is InChI=1S/C24H25N7O2/c1-28-23(33)19-6-2-3-7-21(19)26-24(28)30-14-11-29(12-15-30)13-16-31-22(32)9-8-20(27-31)18-5-4-10-25-17-18/h2-10,17H,11-16H2,1H3. The molecule has 3 aromatic heterocycles. The number of rotatable bonds is 5. The molecule has 0 bridgehead atoms. The Morgan fingerprint density at radius 2 is 1.73 bits per heavy atom. The smallest absolute Gasteiger partial charge is 0.266 e. The molecule has 1 aliphatic rings. The summed E-state index contributed by atoms with van der Waals surface area (Å²) in [6.45, 7) is 4.40. The molecule has 9 heteroatoms. The SMILES string of the molecule is Cn1c(N2CCN(CCn3nc(-c4cccnc4)ccc3=O)CC2)nc2ccccc2c1=O. The Morgan fingerprint density at radius 1 is 0.909 bits per heavy atom. The van der Waals surface area contributed by atoms with E-state index >= 15 is 0 Å². The van der Waals surface area contributed by atoms with E-state index in [1.807, 2.05) is 36.4 Å². The molecule has 0 amide bonds. The second kappa shape index (κ2) is 8.95. The lowest BCUT2D eigenvalue weighted by Gasteiger charge is -2.35. The Balaban J connectivity index is 1.25. The molecule has 1 saturated heterocycles. The fourth-order valence-corrected chi connectivity index (χ4v) is 4.17. The fourth-order valence-electron chi connectivity index (χ4n) is 4.17. The molecule has 1 aromatic carbocycles. The highest BCUT2D eigenvalue weighted by Crippen LogP contribution is 2.16. The van der Waals surface area contributed by atoms with Gasteiger partial charge in [-0.15, -0.1) is 0 Å². The van der Waals surface area contributed by atoms with Crippen LogP contribution in [0.4, 0.5) is 5.95 Å². The minimum atomic E-state index is -0.114. The van der Waals surface area contributed by atoms with Crippen LogP contribution >= 0.6 is 0 Å². The molecule has 4 heterocycles. The molecular formula is C24H25N7O2. The van der Waals surface area contributed by atoms with Gasteiger partial charge in [-0.05, 0) is 30.3 Å². The van der Waals surface area contributed by atoms with Crippen molar-refractivity contribution >= 4 is 16.9 Å². The van der Waals surface area contributed by atoms with Gasteiger partial charge in [0.05, 0.1) is 23.1 Å². The minimum absolute atomic E-state index is 0.0306. The van der Waals surface area contributed by atoms with E-state index in [0.717, 1.165) is 49.5 Å². The number of fused-ring (bicyclic) bond motifs is 1. The average Bonchev–Trinajstić information content (AvgIpc) is 2.87. The molecule has 0 radical (unpaired) electrons.